The molecule has 0 amide bonds. The number of ether oxygens (including phenoxy) is 2. The molecule has 38 heavy (non-hydrogen) atoms. The molecule has 0 aliphatic carbocycles. The molecule has 1 N–H and O–H groups in total. The van der Waals surface area contributed by atoms with Gasteiger partial charge in [0.1, 0.15) is 17.3 Å². The van der Waals surface area contributed by atoms with Crippen LogP contribution in [0.3, 0.4) is 0 Å². The summed E-state index contributed by atoms with van der Waals surface area (Å²) in [6.07, 6.45) is 3.45. The van der Waals surface area contributed by atoms with Gasteiger partial charge in [0.15, 0.2) is 0 Å². The van der Waals surface area contributed by atoms with Gasteiger partial charge in [0, 0.05) is 68.3 Å². The van der Waals surface area contributed by atoms with Crippen molar-refractivity contribution < 1.29 is 18.3 Å². The molecule has 8 nitrogen and oxygen atoms in total. The summed E-state index contributed by atoms with van der Waals surface area (Å²) >= 11 is 0. The number of nitrogens with one attached hydrogen (secondary N) is 1. The Bertz CT molecular complexity index is 1380. The first-order valence-electron chi connectivity index (χ1n) is 12.9. The molecular weight excluding hydrogens is 490 g/mol. The van der Waals surface area contributed by atoms with Crippen molar-refractivity contribution in [3.63, 3.8) is 0 Å². The lowest BCUT2D eigenvalue weighted by Gasteiger charge is -2.27. The first-order valence-corrected chi connectivity index (χ1v) is 12.9. The maximum atomic E-state index is 15.0. The maximum absolute atomic E-state index is 15.0. The third kappa shape index (κ3) is 5.53. The summed E-state index contributed by atoms with van der Waals surface area (Å²) in [5.74, 6) is -0.737. The Morgan fingerprint density at radius 1 is 0.816 bits per heavy atom. The van der Waals surface area contributed by atoms with Crippen molar-refractivity contribution in [1.82, 2.24) is 24.3 Å². The molecule has 4 aromatic rings. The number of nitrogens with zero attached hydrogens (tertiary/aromatic N) is 5. The summed E-state index contributed by atoms with van der Waals surface area (Å²) in [6.45, 7) is 7.01. The van der Waals surface area contributed by atoms with Crippen LogP contribution < -0.4 is 5.32 Å². The molecule has 2 aliphatic rings. The Kier molecular flexibility index (Phi) is 7.28. The summed E-state index contributed by atoms with van der Waals surface area (Å²) in [6, 6.07) is 12.7. The van der Waals surface area contributed by atoms with E-state index in [1.165, 1.54) is 17.7 Å². The highest BCUT2D eigenvalue weighted by Crippen LogP contribution is 2.25. The lowest BCUT2D eigenvalue weighted by molar-refractivity contribution is 0.0332. The third-order valence-electron chi connectivity index (χ3n) is 7.04. The van der Waals surface area contributed by atoms with Crippen LogP contribution in [0.5, 0.6) is 0 Å². The van der Waals surface area contributed by atoms with Crippen molar-refractivity contribution in [3.05, 3.63) is 77.6 Å². The number of halogens is 2. The number of anilines is 2. The van der Waals surface area contributed by atoms with Crippen LogP contribution in [0.15, 0.2) is 54.9 Å². The molecule has 0 radical (unpaired) electrons. The molecule has 0 unspecified atom stereocenters. The standard InChI is InChI=1S/C28H30F2N6O2/c29-25-15-23(16-26(30)24(25)19-35-9-13-38-14-10-35)36-6-5-21-17-31-28(33-27(21)36)32-22-3-1-20(2-4-22)18-34-7-11-37-12-8-34/h1-6,15-17H,7-14,18-19H2,(H,31,32,33). The molecule has 2 aromatic heterocycles. The minimum atomic E-state index is -0.571. The minimum absolute atomic E-state index is 0.0705. The van der Waals surface area contributed by atoms with E-state index < -0.39 is 11.6 Å². The van der Waals surface area contributed by atoms with E-state index in [9.17, 15) is 0 Å². The van der Waals surface area contributed by atoms with Gasteiger partial charge in [-0.2, -0.15) is 4.98 Å². The highest BCUT2D eigenvalue weighted by Gasteiger charge is 2.19. The fourth-order valence-corrected chi connectivity index (χ4v) is 4.89. The maximum Gasteiger partial charge on any atom is 0.229 e. The van der Waals surface area contributed by atoms with E-state index in [0.717, 1.165) is 43.9 Å². The first kappa shape index (κ1) is 24.9. The number of fused-ring (bicyclic) bond motifs is 1. The molecule has 6 rings (SSSR count). The monoisotopic (exact) mass is 520 g/mol. The SMILES string of the molecule is Fc1cc(-n2ccc3cnc(Nc4ccc(CN5CCOCC5)cc4)nc32)cc(F)c1CN1CCOCC1. The van der Waals surface area contributed by atoms with Gasteiger partial charge in [0.2, 0.25) is 5.95 Å². The number of hydrogen-bond donors (Lipinski definition) is 1. The van der Waals surface area contributed by atoms with Gasteiger partial charge in [-0.05, 0) is 35.9 Å². The molecule has 2 fully saturated rings. The van der Waals surface area contributed by atoms with Crippen molar-refractivity contribution in [1.29, 1.82) is 0 Å². The second-order valence-corrected chi connectivity index (χ2v) is 9.65. The van der Waals surface area contributed by atoms with Crippen LogP contribution in [0.1, 0.15) is 11.1 Å². The molecule has 0 atom stereocenters. The highest BCUT2D eigenvalue weighted by molar-refractivity contribution is 5.78. The Balaban J connectivity index is 1.19. The molecule has 2 aromatic carbocycles. The van der Waals surface area contributed by atoms with E-state index in [2.05, 4.69) is 32.3 Å². The van der Waals surface area contributed by atoms with Crippen LogP contribution in [-0.2, 0) is 22.6 Å². The van der Waals surface area contributed by atoms with Crippen LogP contribution in [0, 0.1) is 11.6 Å². The Morgan fingerprint density at radius 2 is 1.45 bits per heavy atom. The van der Waals surface area contributed by atoms with Crippen molar-refractivity contribution in [3.8, 4) is 5.69 Å². The number of aromatic nitrogens is 3. The molecule has 198 valence electrons. The largest absolute Gasteiger partial charge is 0.379 e. The van der Waals surface area contributed by atoms with Crippen LogP contribution in [-0.4, -0.2) is 76.9 Å². The Labute approximate surface area is 219 Å². The third-order valence-corrected chi connectivity index (χ3v) is 7.04. The average Bonchev–Trinajstić information content (AvgIpc) is 3.36. The van der Waals surface area contributed by atoms with Gasteiger partial charge in [0.25, 0.3) is 0 Å². The summed E-state index contributed by atoms with van der Waals surface area (Å²) < 4.78 is 42.5. The number of hydrogen-bond acceptors (Lipinski definition) is 7. The van der Waals surface area contributed by atoms with Gasteiger partial charge < -0.3 is 19.4 Å². The van der Waals surface area contributed by atoms with Gasteiger partial charge in [-0.3, -0.25) is 9.80 Å². The van der Waals surface area contributed by atoms with Gasteiger partial charge >= 0.3 is 0 Å². The van der Waals surface area contributed by atoms with Crippen molar-refractivity contribution in [2.75, 3.05) is 57.9 Å². The summed E-state index contributed by atoms with van der Waals surface area (Å²) in [7, 11) is 0. The number of rotatable bonds is 7. The van der Waals surface area contributed by atoms with E-state index in [4.69, 9.17) is 9.47 Å². The number of benzene rings is 2. The minimum Gasteiger partial charge on any atom is -0.379 e. The van der Waals surface area contributed by atoms with Crippen LogP contribution >= 0.6 is 0 Å². The smallest absolute Gasteiger partial charge is 0.229 e. The average molecular weight is 521 g/mol. The first-order chi connectivity index (χ1) is 18.6. The molecule has 4 heterocycles. The van der Waals surface area contributed by atoms with Gasteiger partial charge in [-0.1, -0.05) is 12.1 Å². The molecule has 0 saturated carbocycles. The predicted molar refractivity (Wildman–Crippen MR) is 141 cm³/mol. The van der Waals surface area contributed by atoms with E-state index in [0.29, 0.717) is 43.6 Å². The second kappa shape index (κ2) is 11.1. The molecule has 0 bridgehead atoms. The van der Waals surface area contributed by atoms with Crippen molar-refractivity contribution in [2.24, 2.45) is 0 Å². The topological polar surface area (TPSA) is 67.7 Å². The Morgan fingerprint density at radius 3 is 2.11 bits per heavy atom. The molecular formula is C28H30F2N6O2. The molecule has 10 heteroatoms. The zero-order valence-electron chi connectivity index (χ0n) is 21.1. The van der Waals surface area contributed by atoms with Gasteiger partial charge in [-0.15, -0.1) is 0 Å². The molecule has 0 spiro atoms. The summed E-state index contributed by atoms with van der Waals surface area (Å²) in [5, 5.41) is 4.01. The summed E-state index contributed by atoms with van der Waals surface area (Å²) in [5.41, 5.74) is 3.09. The highest BCUT2D eigenvalue weighted by atomic mass is 19.1. The number of morpholine rings is 2. The van der Waals surface area contributed by atoms with E-state index in [1.54, 1.807) is 17.0 Å². The van der Waals surface area contributed by atoms with Crippen molar-refractivity contribution >= 4 is 22.7 Å². The zero-order chi connectivity index (χ0) is 25.9. The fourth-order valence-electron chi connectivity index (χ4n) is 4.89. The van der Waals surface area contributed by atoms with Crippen LogP contribution in [0.2, 0.25) is 0 Å². The van der Waals surface area contributed by atoms with Gasteiger partial charge in [0.05, 0.1) is 32.1 Å². The molecule has 2 aliphatic heterocycles. The van der Waals surface area contributed by atoms with E-state index >= 15 is 8.78 Å². The Hall–Kier alpha value is -3.44. The van der Waals surface area contributed by atoms with E-state index in [-0.39, 0.29) is 12.1 Å². The second-order valence-electron chi connectivity index (χ2n) is 9.65. The van der Waals surface area contributed by atoms with Crippen LogP contribution in [0.25, 0.3) is 16.7 Å². The predicted octanol–water partition coefficient (Wildman–Crippen LogP) is 4.11. The van der Waals surface area contributed by atoms with E-state index in [1.807, 2.05) is 23.1 Å². The lowest BCUT2D eigenvalue weighted by atomic mass is 10.1. The molecule has 2 saturated heterocycles. The lowest BCUT2D eigenvalue weighted by Crippen LogP contribution is -2.36. The normalized spacial score (nSPS) is 17.2. The zero-order valence-corrected chi connectivity index (χ0v) is 21.1. The quantitative estimate of drug-likeness (QED) is 0.394. The van der Waals surface area contributed by atoms with Crippen molar-refractivity contribution in [2.45, 2.75) is 13.1 Å². The summed E-state index contributed by atoms with van der Waals surface area (Å²) in [4.78, 5) is 13.4. The van der Waals surface area contributed by atoms with Gasteiger partial charge in [-0.25, -0.2) is 13.8 Å². The fraction of sp³-hybridized carbons (Fsp3) is 0.357. The van der Waals surface area contributed by atoms with Crippen LogP contribution in [0.4, 0.5) is 20.4 Å².